The quantitative estimate of drug-likeness (QED) is 0.655. The molecule has 0 spiro atoms. The summed E-state index contributed by atoms with van der Waals surface area (Å²) < 4.78 is 32.0. The molecule has 1 aliphatic rings. The molecule has 0 bridgehead atoms. The summed E-state index contributed by atoms with van der Waals surface area (Å²) in [6, 6.07) is 12.2. The summed E-state index contributed by atoms with van der Waals surface area (Å²) in [6.07, 6.45) is -0.420. The fraction of sp³-hybridized carbons (Fsp3) is 0.333. The fourth-order valence-corrected chi connectivity index (χ4v) is 6.10. The van der Waals surface area contributed by atoms with E-state index in [9.17, 15) is 18.0 Å². The van der Waals surface area contributed by atoms with Gasteiger partial charge in [0.05, 0.1) is 4.90 Å². The van der Waals surface area contributed by atoms with Crippen LogP contribution in [0.15, 0.2) is 53.4 Å². The summed E-state index contributed by atoms with van der Waals surface area (Å²) in [7, 11) is -4.00. The van der Waals surface area contributed by atoms with Gasteiger partial charge in [0.2, 0.25) is 0 Å². The predicted octanol–water partition coefficient (Wildman–Crippen LogP) is 4.40. The molecule has 0 saturated heterocycles. The van der Waals surface area contributed by atoms with Crippen molar-refractivity contribution in [3.05, 3.63) is 64.1 Å². The number of ether oxygens (including phenoxy) is 1. The zero-order chi connectivity index (χ0) is 22.3. The maximum atomic E-state index is 13.4. The molecule has 9 heteroatoms. The molecule has 3 rings (SSSR count). The Morgan fingerprint density at radius 1 is 1.10 bits per heavy atom. The van der Waals surface area contributed by atoms with E-state index in [0.717, 1.165) is 0 Å². The molecule has 6 nitrogen and oxygen atoms in total. The maximum Gasteiger partial charge on any atom is 0.408 e. The Balaban J connectivity index is 2.06. The molecule has 0 aliphatic heterocycles. The highest BCUT2D eigenvalue weighted by atomic mass is 35.5. The summed E-state index contributed by atoms with van der Waals surface area (Å²) in [5.41, 5.74) is -1.99. The standard InChI is InChI=1S/C21H21Cl2NO5S/c1-20(2,3)29-19(26)24-21(12-25)17(13-5-4-6-15(23)11-13)18(21)30(27,28)16-9-7-14(22)8-10-16/h4-12,17-18H,1-3H3,(H,24,26)/t17-,18+,21+/m1/s1. The van der Waals surface area contributed by atoms with Crippen LogP contribution in [-0.4, -0.2) is 37.2 Å². The summed E-state index contributed by atoms with van der Waals surface area (Å²) in [4.78, 5) is 24.7. The third-order valence-electron chi connectivity index (χ3n) is 4.78. The second-order valence-corrected chi connectivity index (χ2v) is 11.1. The number of hydrogen-bond acceptors (Lipinski definition) is 5. The SMILES string of the molecule is CC(C)(C)OC(=O)N[C@@]1(C=O)[C@H](c2cccc(Cl)c2)[C@@H]1S(=O)(=O)c1ccc(Cl)cc1. The van der Waals surface area contributed by atoms with Crippen molar-refractivity contribution < 1.29 is 22.7 Å². The Hall–Kier alpha value is -2.09. The first-order chi connectivity index (χ1) is 13.9. The van der Waals surface area contributed by atoms with Crippen LogP contribution < -0.4 is 5.32 Å². The largest absolute Gasteiger partial charge is 0.444 e. The molecule has 0 aromatic heterocycles. The fourth-order valence-electron chi connectivity index (χ4n) is 3.53. The number of rotatable bonds is 5. The summed E-state index contributed by atoms with van der Waals surface area (Å²) in [6.45, 7) is 5.01. The molecule has 1 saturated carbocycles. The van der Waals surface area contributed by atoms with Gasteiger partial charge < -0.3 is 14.8 Å². The lowest BCUT2D eigenvalue weighted by molar-refractivity contribution is -0.110. The van der Waals surface area contributed by atoms with E-state index in [-0.39, 0.29) is 4.90 Å². The minimum atomic E-state index is -4.00. The molecule has 30 heavy (non-hydrogen) atoms. The van der Waals surface area contributed by atoms with E-state index in [1.54, 1.807) is 45.0 Å². The van der Waals surface area contributed by atoms with Crippen LogP contribution in [0.2, 0.25) is 10.0 Å². The summed E-state index contributed by atoms with van der Waals surface area (Å²) in [5.74, 6) is -0.832. The molecule has 2 aromatic rings. The number of carbonyl (C=O) groups excluding carboxylic acids is 2. The molecular formula is C21H21Cl2NO5S. The Bertz CT molecular complexity index is 1080. The van der Waals surface area contributed by atoms with Crippen LogP contribution in [0.1, 0.15) is 32.3 Å². The second-order valence-electron chi connectivity index (χ2n) is 8.13. The van der Waals surface area contributed by atoms with Crippen LogP contribution in [0.5, 0.6) is 0 Å². The Morgan fingerprint density at radius 3 is 2.27 bits per heavy atom. The van der Waals surface area contributed by atoms with Crippen LogP contribution >= 0.6 is 23.2 Å². The summed E-state index contributed by atoms with van der Waals surface area (Å²) in [5, 5.41) is 2.04. The zero-order valence-corrected chi connectivity index (χ0v) is 18.9. The van der Waals surface area contributed by atoms with Crippen LogP contribution in [0.25, 0.3) is 0 Å². The number of aldehydes is 1. The van der Waals surface area contributed by atoms with E-state index in [1.807, 2.05) is 0 Å². The molecule has 160 valence electrons. The molecule has 1 amide bonds. The first kappa shape index (κ1) is 22.6. The third kappa shape index (κ3) is 4.33. The molecule has 0 heterocycles. The third-order valence-corrected chi connectivity index (χ3v) is 7.52. The van der Waals surface area contributed by atoms with Gasteiger partial charge in [-0.25, -0.2) is 13.2 Å². The lowest BCUT2D eigenvalue weighted by atomic mass is 10.1. The minimum absolute atomic E-state index is 0.00126. The monoisotopic (exact) mass is 469 g/mol. The van der Waals surface area contributed by atoms with Gasteiger partial charge in [-0.15, -0.1) is 0 Å². The average molecular weight is 470 g/mol. The van der Waals surface area contributed by atoms with Crippen LogP contribution in [0.3, 0.4) is 0 Å². The van der Waals surface area contributed by atoms with E-state index >= 15 is 0 Å². The maximum absolute atomic E-state index is 13.4. The van der Waals surface area contributed by atoms with Gasteiger partial charge in [-0.05, 0) is 62.7 Å². The number of halogens is 2. The van der Waals surface area contributed by atoms with Crippen LogP contribution in [0.4, 0.5) is 4.79 Å². The van der Waals surface area contributed by atoms with Crippen molar-refractivity contribution >= 4 is 45.4 Å². The number of amides is 1. The minimum Gasteiger partial charge on any atom is -0.444 e. The Kier molecular flexibility index (Phi) is 5.93. The second kappa shape index (κ2) is 7.87. The van der Waals surface area contributed by atoms with Crippen molar-refractivity contribution in [1.82, 2.24) is 5.32 Å². The predicted molar refractivity (Wildman–Crippen MR) is 115 cm³/mol. The van der Waals surface area contributed by atoms with Gasteiger partial charge in [-0.1, -0.05) is 35.3 Å². The van der Waals surface area contributed by atoms with E-state index in [0.29, 0.717) is 21.9 Å². The lowest BCUT2D eigenvalue weighted by Crippen LogP contribution is -2.45. The van der Waals surface area contributed by atoms with Gasteiger partial charge in [0, 0.05) is 16.0 Å². The highest BCUT2D eigenvalue weighted by Gasteiger charge is 2.73. The first-order valence-electron chi connectivity index (χ1n) is 9.13. The van der Waals surface area contributed by atoms with Crippen molar-refractivity contribution in [2.45, 2.75) is 48.0 Å². The van der Waals surface area contributed by atoms with E-state index in [2.05, 4.69) is 5.32 Å². The highest BCUT2D eigenvalue weighted by molar-refractivity contribution is 7.92. The topological polar surface area (TPSA) is 89.5 Å². The van der Waals surface area contributed by atoms with Gasteiger partial charge in [0.25, 0.3) is 0 Å². The van der Waals surface area contributed by atoms with E-state index < -0.39 is 38.2 Å². The van der Waals surface area contributed by atoms with Crippen LogP contribution in [0, 0.1) is 0 Å². The first-order valence-corrected chi connectivity index (χ1v) is 11.4. The Morgan fingerprint density at radius 2 is 1.73 bits per heavy atom. The van der Waals surface area contributed by atoms with Gasteiger partial charge in [-0.3, -0.25) is 0 Å². The molecule has 0 radical (unpaired) electrons. The number of hydrogen-bond donors (Lipinski definition) is 1. The van der Waals surface area contributed by atoms with Gasteiger partial charge in [0.15, 0.2) is 9.84 Å². The average Bonchev–Trinajstić information content (AvgIpc) is 3.30. The molecule has 3 atom stereocenters. The summed E-state index contributed by atoms with van der Waals surface area (Å²) >= 11 is 12.0. The molecule has 2 aromatic carbocycles. The Labute approximate surface area is 185 Å². The van der Waals surface area contributed by atoms with Crippen molar-refractivity contribution in [2.75, 3.05) is 0 Å². The highest BCUT2D eigenvalue weighted by Crippen LogP contribution is 2.56. The molecule has 0 unspecified atom stereocenters. The van der Waals surface area contributed by atoms with E-state index in [4.69, 9.17) is 27.9 Å². The van der Waals surface area contributed by atoms with Crippen molar-refractivity contribution in [3.8, 4) is 0 Å². The van der Waals surface area contributed by atoms with Gasteiger partial charge in [0.1, 0.15) is 22.7 Å². The van der Waals surface area contributed by atoms with Crippen molar-refractivity contribution in [2.24, 2.45) is 0 Å². The van der Waals surface area contributed by atoms with Crippen LogP contribution in [-0.2, 0) is 19.4 Å². The van der Waals surface area contributed by atoms with Crippen molar-refractivity contribution in [3.63, 3.8) is 0 Å². The van der Waals surface area contributed by atoms with E-state index in [1.165, 1.54) is 24.3 Å². The molecule has 1 N–H and O–H groups in total. The molecular weight excluding hydrogens is 449 g/mol. The smallest absolute Gasteiger partial charge is 0.408 e. The van der Waals surface area contributed by atoms with Crippen molar-refractivity contribution in [1.29, 1.82) is 0 Å². The lowest BCUT2D eigenvalue weighted by Gasteiger charge is -2.22. The zero-order valence-electron chi connectivity index (χ0n) is 16.6. The number of benzene rings is 2. The number of alkyl carbamates (subject to hydrolysis) is 1. The van der Waals surface area contributed by atoms with Gasteiger partial charge in [-0.2, -0.15) is 0 Å². The molecule has 1 fully saturated rings. The number of carbonyl (C=O) groups is 2. The number of nitrogens with one attached hydrogen (secondary N) is 1. The normalized spacial score (nSPS) is 23.5. The molecule has 1 aliphatic carbocycles. The van der Waals surface area contributed by atoms with Gasteiger partial charge >= 0.3 is 6.09 Å². The number of sulfone groups is 1.